The van der Waals surface area contributed by atoms with Crippen molar-refractivity contribution >= 4 is 29.2 Å². The molecule has 0 aliphatic heterocycles. The average molecular weight is 301 g/mol. The molecule has 0 heterocycles. The van der Waals surface area contributed by atoms with Gasteiger partial charge in [-0.2, -0.15) is 0 Å². The van der Waals surface area contributed by atoms with Crippen LogP contribution in [0.15, 0.2) is 12.1 Å². The van der Waals surface area contributed by atoms with E-state index in [0.29, 0.717) is 21.4 Å². The zero-order valence-corrected chi connectivity index (χ0v) is 11.6. The molecule has 1 aromatic rings. The minimum atomic E-state index is -0.661. The van der Waals surface area contributed by atoms with Crippen LogP contribution in [0.5, 0.6) is 5.75 Å². The quantitative estimate of drug-likeness (QED) is 0.689. The largest absolute Gasteiger partial charge is 1.00 e. The number of ether oxygens (including phenoxy) is 2. The van der Waals surface area contributed by atoms with E-state index in [9.17, 15) is 4.79 Å². The first-order valence-corrected chi connectivity index (χ1v) is 5.20. The Bertz CT molecular complexity index is 389. The predicted molar refractivity (Wildman–Crippen MR) is 60.7 cm³/mol. The molecule has 0 saturated carbocycles. The van der Waals surface area contributed by atoms with Crippen LogP contribution in [0.1, 0.15) is 11.6 Å². The minimum absolute atomic E-state index is 0. The van der Waals surface area contributed by atoms with Crippen LogP contribution in [-0.2, 0) is 9.53 Å². The van der Waals surface area contributed by atoms with Crippen LogP contribution in [0, 0.1) is 0 Å². The Balaban J connectivity index is 0.00000256. The molecular formula is C10H12Cl3NO3. The van der Waals surface area contributed by atoms with Crippen LogP contribution in [0.4, 0.5) is 0 Å². The average Bonchev–Trinajstić information content (AvgIpc) is 2.26. The van der Waals surface area contributed by atoms with Gasteiger partial charge in [0.2, 0.25) is 6.04 Å². The topological polar surface area (TPSA) is 63.2 Å². The number of rotatable bonds is 3. The van der Waals surface area contributed by atoms with Crippen LogP contribution in [0.3, 0.4) is 0 Å². The molecular weight excluding hydrogens is 288 g/mol. The summed E-state index contributed by atoms with van der Waals surface area (Å²) in [4.78, 5) is 11.3. The van der Waals surface area contributed by atoms with E-state index in [1.165, 1.54) is 14.2 Å². The van der Waals surface area contributed by atoms with Crippen molar-refractivity contribution in [1.82, 2.24) is 0 Å². The van der Waals surface area contributed by atoms with Gasteiger partial charge in [-0.15, -0.1) is 0 Å². The molecule has 0 bridgehead atoms. The number of quaternary nitrogens is 1. The van der Waals surface area contributed by atoms with Gasteiger partial charge in [0, 0.05) is 5.56 Å². The highest BCUT2D eigenvalue weighted by atomic mass is 35.5. The summed E-state index contributed by atoms with van der Waals surface area (Å²) in [7, 11) is 2.77. The van der Waals surface area contributed by atoms with Crippen LogP contribution in [0.25, 0.3) is 0 Å². The smallest absolute Gasteiger partial charge is 0.369 e. The molecule has 0 aliphatic carbocycles. The van der Waals surface area contributed by atoms with Gasteiger partial charge in [-0.3, -0.25) is 0 Å². The molecule has 17 heavy (non-hydrogen) atoms. The van der Waals surface area contributed by atoms with Crippen molar-refractivity contribution in [3.63, 3.8) is 0 Å². The van der Waals surface area contributed by atoms with Gasteiger partial charge in [-0.05, 0) is 12.1 Å². The molecule has 0 fully saturated rings. The van der Waals surface area contributed by atoms with E-state index in [1.54, 1.807) is 12.1 Å². The fourth-order valence-corrected chi connectivity index (χ4v) is 1.91. The Morgan fingerprint density at radius 1 is 1.29 bits per heavy atom. The molecule has 0 amide bonds. The number of benzene rings is 1. The Kier molecular flexibility index (Phi) is 6.64. The molecule has 0 saturated heterocycles. The van der Waals surface area contributed by atoms with Crippen LogP contribution in [0.2, 0.25) is 10.0 Å². The number of hydrogen-bond donors (Lipinski definition) is 1. The lowest BCUT2D eigenvalue weighted by atomic mass is 10.1. The Morgan fingerprint density at radius 2 is 1.76 bits per heavy atom. The highest BCUT2D eigenvalue weighted by molar-refractivity contribution is 6.37. The summed E-state index contributed by atoms with van der Waals surface area (Å²) < 4.78 is 9.58. The van der Waals surface area contributed by atoms with Crippen molar-refractivity contribution in [2.45, 2.75) is 6.04 Å². The number of carbonyl (C=O) groups excluding carboxylic acids is 1. The lowest BCUT2D eigenvalue weighted by Crippen LogP contribution is -3.00. The van der Waals surface area contributed by atoms with Crippen LogP contribution < -0.4 is 22.9 Å². The number of methoxy groups -OCH3 is 2. The maximum atomic E-state index is 11.3. The molecule has 1 aromatic carbocycles. The van der Waals surface area contributed by atoms with Crippen molar-refractivity contribution in [3.8, 4) is 5.75 Å². The van der Waals surface area contributed by atoms with Gasteiger partial charge in [-0.1, -0.05) is 23.2 Å². The third-order valence-corrected chi connectivity index (χ3v) is 2.67. The molecule has 0 spiro atoms. The third kappa shape index (κ3) is 3.64. The second-order valence-corrected chi connectivity index (χ2v) is 3.91. The van der Waals surface area contributed by atoms with E-state index in [2.05, 4.69) is 10.5 Å². The van der Waals surface area contributed by atoms with Crippen molar-refractivity contribution in [2.75, 3.05) is 14.2 Å². The number of halogens is 3. The molecule has 0 aliphatic rings. The molecule has 96 valence electrons. The second-order valence-electron chi connectivity index (χ2n) is 3.09. The Labute approximate surface area is 115 Å². The number of carbonyl (C=O) groups is 1. The summed E-state index contributed by atoms with van der Waals surface area (Å²) in [6.07, 6.45) is 0. The van der Waals surface area contributed by atoms with Crippen LogP contribution >= 0.6 is 23.2 Å². The molecule has 0 radical (unpaired) electrons. The maximum Gasteiger partial charge on any atom is 0.369 e. The highest BCUT2D eigenvalue weighted by Crippen LogP contribution is 2.34. The summed E-state index contributed by atoms with van der Waals surface area (Å²) in [5.41, 5.74) is 4.27. The van der Waals surface area contributed by atoms with E-state index < -0.39 is 12.0 Å². The summed E-state index contributed by atoms with van der Waals surface area (Å²) in [5.74, 6) is -0.0681. The van der Waals surface area contributed by atoms with E-state index in [-0.39, 0.29) is 12.4 Å². The molecule has 0 aromatic heterocycles. The van der Waals surface area contributed by atoms with Gasteiger partial charge in [0.25, 0.3) is 0 Å². The molecule has 7 heteroatoms. The van der Waals surface area contributed by atoms with Crippen molar-refractivity contribution in [3.05, 3.63) is 27.7 Å². The van der Waals surface area contributed by atoms with Gasteiger partial charge in [0.05, 0.1) is 24.3 Å². The van der Waals surface area contributed by atoms with E-state index in [0.717, 1.165) is 0 Å². The first-order valence-electron chi connectivity index (χ1n) is 4.45. The predicted octanol–water partition coefficient (Wildman–Crippen LogP) is -1.54. The van der Waals surface area contributed by atoms with Crippen molar-refractivity contribution < 1.29 is 32.4 Å². The zero-order valence-electron chi connectivity index (χ0n) is 9.30. The highest BCUT2D eigenvalue weighted by Gasteiger charge is 2.22. The number of hydrogen-bond acceptors (Lipinski definition) is 3. The molecule has 4 nitrogen and oxygen atoms in total. The summed E-state index contributed by atoms with van der Waals surface area (Å²) in [5, 5.41) is 0.671. The minimum Gasteiger partial charge on any atom is -1.00 e. The fourth-order valence-electron chi connectivity index (χ4n) is 1.25. The van der Waals surface area contributed by atoms with E-state index >= 15 is 0 Å². The van der Waals surface area contributed by atoms with Crippen LogP contribution in [-0.4, -0.2) is 20.2 Å². The Hall–Kier alpha value is -0.680. The van der Waals surface area contributed by atoms with Crippen molar-refractivity contribution in [1.29, 1.82) is 0 Å². The standard InChI is InChI=1S/C10H11Cl2NO3.ClH/c1-15-9-6(11)3-5(4-7(9)12)8(13)10(14)16-2;/h3-4,8H,13H2,1-2H3;1H/t8-;/m1./s1. The first kappa shape index (κ1) is 16.3. The molecule has 1 atom stereocenters. The monoisotopic (exact) mass is 299 g/mol. The zero-order chi connectivity index (χ0) is 12.3. The summed E-state index contributed by atoms with van der Waals surface area (Å²) >= 11 is 11.9. The second kappa shape index (κ2) is 6.91. The summed E-state index contributed by atoms with van der Waals surface area (Å²) in [6.45, 7) is 0. The van der Waals surface area contributed by atoms with Gasteiger partial charge < -0.3 is 27.6 Å². The fraction of sp³-hybridized carbons (Fsp3) is 0.300. The third-order valence-electron chi connectivity index (χ3n) is 2.11. The molecule has 3 N–H and O–H groups in total. The van der Waals surface area contributed by atoms with Gasteiger partial charge in [0.1, 0.15) is 0 Å². The van der Waals surface area contributed by atoms with Gasteiger partial charge in [0.15, 0.2) is 5.75 Å². The lowest BCUT2D eigenvalue weighted by molar-refractivity contribution is -0.414. The lowest BCUT2D eigenvalue weighted by Gasteiger charge is -2.10. The van der Waals surface area contributed by atoms with E-state index in [1.807, 2.05) is 0 Å². The first-order chi connectivity index (χ1) is 7.51. The van der Waals surface area contributed by atoms with Crippen molar-refractivity contribution in [2.24, 2.45) is 0 Å². The summed E-state index contributed by atoms with van der Waals surface area (Å²) in [6, 6.07) is 2.51. The van der Waals surface area contributed by atoms with Gasteiger partial charge in [-0.25, -0.2) is 4.79 Å². The molecule has 0 unspecified atom stereocenters. The van der Waals surface area contributed by atoms with Gasteiger partial charge >= 0.3 is 5.97 Å². The molecule has 1 rings (SSSR count). The SMILES string of the molecule is COC(=O)[C@H]([NH3+])c1cc(Cl)c(OC)c(Cl)c1.[Cl-]. The number of esters is 1. The van der Waals surface area contributed by atoms with E-state index in [4.69, 9.17) is 27.9 Å². The Morgan fingerprint density at radius 3 is 2.12 bits per heavy atom. The normalized spacial score (nSPS) is 11.4. The maximum absolute atomic E-state index is 11.3.